The Morgan fingerprint density at radius 2 is 1.57 bits per heavy atom. The van der Waals surface area contributed by atoms with Crippen molar-refractivity contribution < 1.29 is 0 Å². The summed E-state index contributed by atoms with van der Waals surface area (Å²) in [7, 11) is 0. The summed E-state index contributed by atoms with van der Waals surface area (Å²) in [6, 6.07) is 24.9. The van der Waals surface area contributed by atoms with Crippen molar-refractivity contribution in [1.29, 1.82) is 0 Å². The topological polar surface area (TPSA) is 17.3 Å². The highest BCUT2D eigenvalue weighted by Crippen LogP contribution is 2.31. The Kier molecular flexibility index (Phi) is 3.72. The van der Waals surface area contributed by atoms with Gasteiger partial charge >= 0.3 is 0 Å². The van der Waals surface area contributed by atoms with E-state index in [1.165, 1.54) is 11.3 Å². The summed E-state index contributed by atoms with van der Waals surface area (Å²) < 4.78 is 3.25. The minimum atomic E-state index is 0.850. The number of benzene rings is 2. The van der Waals surface area contributed by atoms with Crippen LogP contribution in [0.5, 0.6) is 0 Å². The van der Waals surface area contributed by atoms with E-state index >= 15 is 0 Å². The van der Waals surface area contributed by atoms with E-state index in [1.54, 1.807) is 0 Å². The Bertz CT molecular complexity index is 958. The average Bonchev–Trinajstić information content (AvgIpc) is 2.95. The van der Waals surface area contributed by atoms with Gasteiger partial charge < -0.3 is 4.40 Å². The van der Waals surface area contributed by atoms with Crippen molar-refractivity contribution >= 4 is 21.6 Å². The molecule has 112 valence electrons. The lowest BCUT2D eigenvalue weighted by atomic mass is 10.0. The molecule has 4 aromatic rings. The Hall–Kier alpha value is -2.39. The fourth-order valence-electron chi connectivity index (χ4n) is 2.87. The predicted octanol–water partition coefficient (Wildman–Crippen LogP) is 5.35. The lowest BCUT2D eigenvalue weighted by Crippen LogP contribution is -1.96. The van der Waals surface area contributed by atoms with Crippen molar-refractivity contribution in [3.05, 3.63) is 94.7 Å². The van der Waals surface area contributed by atoms with Crippen molar-refractivity contribution in [2.24, 2.45) is 0 Å². The normalized spacial score (nSPS) is 11.0. The molecule has 0 aliphatic rings. The van der Waals surface area contributed by atoms with E-state index < -0.39 is 0 Å². The van der Waals surface area contributed by atoms with Crippen LogP contribution in [-0.4, -0.2) is 9.38 Å². The molecule has 0 fully saturated rings. The third-order valence-corrected chi connectivity index (χ3v) is 4.66. The van der Waals surface area contributed by atoms with Gasteiger partial charge in [-0.15, -0.1) is 0 Å². The largest absolute Gasteiger partial charge is 0.303 e. The molecule has 0 aliphatic heterocycles. The van der Waals surface area contributed by atoms with Crippen molar-refractivity contribution in [1.82, 2.24) is 9.38 Å². The van der Waals surface area contributed by atoms with Gasteiger partial charge in [0.15, 0.2) is 0 Å². The van der Waals surface area contributed by atoms with Gasteiger partial charge in [-0.3, -0.25) is 0 Å². The number of aromatic nitrogens is 2. The van der Waals surface area contributed by atoms with Crippen LogP contribution in [0.1, 0.15) is 11.3 Å². The summed E-state index contributed by atoms with van der Waals surface area (Å²) in [5.41, 5.74) is 5.63. The molecule has 4 rings (SSSR count). The van der Waals surface area contributed by atoms with Gasteiger partial charge in [-0.2, -0.15) is 0 Å². The number of imidazole rings is 1. The molecule has 0 saturated carbocycles. The van der Waals surface area contributed by atoms with Crippen LogP contribution in [0.4, 0.5) is 0 Å². The molecular weight excluding hydrogens is 348 g/mol. The first-order valence-corrected chi connectivity index (χ1v) is 8.37. The van der Waals surface area contributed by atoms with E-state index in [0.29, 0.717) is 0 Å². The quantitative estimate of drug-likeness (QED) is 0.479. The lowest BCUT2D eigenvalue weighted by Gasteiger charge is -2.07. The minimum Gasteiger partial charge on any atom is -0.303 e. The van der Waals surface area contributed by atoms with Gasteiger partial charge in [0.05, 0.1) is 11.4 Å². The smallest absolute Gasteiger partial charge is 0.137 e. The molecule has 2 aromatic heterocycles. The predicted molar refractivity (Wildman–Crippen MR) is 97.6 cm³/mol. The van der Waals surface area contributed by atoms with Crippen molar-refractivity contribution in [2.45, 2.75) is 6.42 Å². The van der Waals surface area contributed by atoms with Crippen molar-refractivity contribution in [3.8, 4) is 11.3 Å². The van der Waals surface area contributed by atoms with E-state index in [4.69, 9.17) is 4.98 Å². The first-order valence-electron chi connectivity index (χ1n) is 7.58. The maximum Gasteiger partial charge on any atom is 0.137 e. The summed E-state index contributed by atoms with van der Waals surface area (Å²) >= 11 is 3.66. The highest BCUT2D eigenvalue weighted by molar-refractivity contribution is 9.10. The zero-order chi connectivity index (χ0) is 15.6. The van der Waals surface area contributed by atoms with Crippen molar-refractivity contribution in [2.75, 3.05) is 0 Å². The highest BCUT2D eigenvalue weighted by Gasteiger charge is 2.15. The number of halogens is 1. The Morgan fingerprint density at radius 1 is 0.826 bits per heavy atom. The van der Waals surface area contributed by atoms with Gasteiger partial charge in [-0.25, -0.2) is 4.98 Å². The molecule has 0 amide bonds. The van der Waals surface area contributed by atoms with Gasteiger partial charge in [0.1, 0.15) is 5.65 Å². The van der Waals surface area contributed by atoms with Gasteiger partial charge in [0, 0.05) is 22.7 Å². The fraction of sp³-hybridized carbons (Fsp3) is 0.0500. The number of pyridine rings is 1. The van der Waals surface area contributed by atoms with Gasteiger partial charge in [-0.1, -0.05) is 70.5 Å². The van der Waals surface area contributed by atoms with Gasteiger partial charge in [0.2, 0.25) is 0 Å². The Balaban J connectivity index is 1.93. The molecule has 0 radical (unpaired) electrons. The number of hydrogen-bond acceptors (Lipinski definition) is 1. The standard InChI is InChI=1S/C20H15BrN2/c21-17-11-5-4-10-16(17)20-18(14-15-8-2-1-3-9-15)23-13-7-6-12-19(23)22-20/h1-13H,14H2. The highest BCUT2D eigenvalue weighted by atomic mass is 79.9. The molecule has 0 spiro atoms. The second kappa shape index (κ2) is 6.01. The van der Waals surface area contributed by atoms with Crippen LogP contribution in [0.2, 0.25) is 0 Å². The summed E-state index contributed by atoms with van der Waals surface area (Å²) in [6.07, 6.45) is 2.93. The molecule has 0 bridgehead atoms. The van der Waals surface area contributed by atoms with E-state index in [1.807, 2.05) is 24.3 Å². The zero-order valence-electron chi connectivity index (χ0n) is 12.5. The maximum atomic E-state index is 4.87. The monoisotopic (exact) mass is 362 g/mol. The van der Waals surface area contributed by atoms with Crippen LogP contribution in [-0.2, 0) is 6.42 Å². The van der Waals surface area contributed by atoms with Crippen LogP contribution in [0.3, 0.4) is 0 Å². The van der Waals surface area contributed by atoms with Crippen LogP contribution in [0, 0.1) is 0 Å². The molecule has 2 nitrogen and oxygen atoms in total. The maximum absolute atomic E-state index is 4.87. The first-order chi connectivity index (χ1) is 11.3. The van der Waals surface area contributed by atoms with Crippen molar-refractivity contribution in [3.63, 3.8) is 0 Å². The molecular formula is C20H15BrN2. The second-order valence-electron chi connectivity index (χ2n) is 5.48. The number of nitrogens with zero attached hydrogens (tertiary/aromatic N) is 2. The van der Waals surface area contributed by atoms with Crippen LogP contribution in [0.25, 0.3) is 16.9 Å². The van der Waals surface area contributed by atoms with E-state index in [-0.39, 0.29) is 0 Å². The van der Waals surface area contributed by atoms with Crippen LogP contribution >= 0.6 is 15.9 Å². The van der Waals surface area contributed by atoms with Crippen LogP contribution in [0.15, 0.2) is 83.5 Å². The van der Waals surface area contributed by atoms with E-state index in [2.05, 4.69) is 75.1 Å². The summed E-state index contributed by atoms with van der Waals surface area (Å²) in [4.78, 5) is 4.87. The third-order valence-electron chi connectivity index (χ3n) is 3.97. The zero-order valence-corrected chi connectivity index (χ0v) is 14.1. The summed E-state index contributed by atoms with van der Waals surface area (Å²) in [5.74, 6) is 0. The number of hydrogen-bond donors (Lipinski definition) is 0. The molecule has 0 saturated heterocycles. The molecule has 0 N–H and O–H groups in total. The van der Waals surface area contributed by atoms with E-state index in [9.17, 15) is 0 Å². The Morgan fingerprint density at radius 3 is 2.39 bits per heavy atom. The third kappa shape index (κ3) is 2.68. The molecule has 0 aliphatic carbocycles. The molecule has 0 atom stereocenters. The van der Waals surface area contributed by atoms with E-state index in [0.717, 1.165) is 27.8 Å². The molecule has 0 unspecified atom stereocenters. The summed E-state index contributed by atoms with van der Waals surface area (Å²) in [5, 5.41) is 0. The molecule has 2 heterocycles. The van der Waals surface area contributed by atoms with Gasteiger partial charge in [-0.05, 0) is 23.8 Å². The molecule has 23 heavy (non-hydrogen) atoms. The van der Waals surface area contributed by atoms with Crippen LogP contribution < -0.4 is 0 Å². The Labute approximate surface area is 143 Å². The number of rotatable bonds is 3. The first kappa shape index (κ1) is 14.2. The SMILES string of the molecule is Brc1ccccc1-c1nc2ccccn2c1Cc1ccccc1. The summed E-state index contributed by atoms with van der Waals surface area (Å²) in [6.45, 7) is 0. The second-order valence-corrected chi connectivity index (χ2v) is 6.33. The molecule has 3 heteroatoms. The molecule has 2 aromatic carbocycles. The van der Waals surface area contributed by atoms with Gasteiger partial charge in [0.25, 0.3) is 0 Å². The average molecular weight is 363 g/mol. The number of fused-ring (bicyclic) bond motifs is 1. The lowest BCUT2D eigenvalue weighted by molar-refractivity contribution is 1.03. The minimum absolute atomic E-state index is 0.850. The fourth-order valence-corrected chi connectivity index (χ4v) is 3.35.